The molecule has 0 aromatic heterocycles. The van der Waals surface area contributed by atoms with Crippen LogP contribution in [0.2, 0.25) is 5.02 Å². The summed E-state index contributed by atoms with van der Waals surface area (Å²) in [5.41, 5.74) is 3.71. The number of ether oxygens (including phenoxy) is 1. The molecule has 5 nitrogen and oxygen atoms in total. The summed E-state index contributed by atoms with van der Waals surface area (Å²) in [6.07, 6.45) is 1.87. The number of hydrazone groups is 1. The van der Waals surface area contributed by atoms with Crippen LogP contribution in [0.15, 0.2) is 58.5 Å². The lowest BCUT2D eigenvalue weighted by Gasteiger charge is -2.02. The van der Waals surface area contributed by atoms with Crippen LogP contribution in [0, 0.1) is 0 Å². The van der Waals surface area contributed by atoms with E-state index in [0.717, 1.165) is 10.5 Å². The summed E-state index contributed by atoms with van der Waals surface area (Å²) >= 11 is 7.40. The first-order chi connectivity index (χ1) is 12.1. The van der Waals surface area contributed by atoms with Crippen molar-refractivity contribution in [1.82, 2.24) is 5.43 Å². The summed E-state index contributed by atoms with van der Waals surface area (Å²) < 4.78 is 4.63. The number of esters is 1. The molecule has 0 saturated carbocycles. The molecule has 0 fully saturated rings. The Hall–Kier alpha value is -2.31. The summed E-state index contributed by atoms with van der Waals surface area (Å²) in [6, 6.07) is 14.2. The van der Waals surface area contributed by atoms with Gasteiger partial charge in [-0.15, -0.1) is 11.8 Å². The molecular formula is C18H17ClN2O3S. The van der Waals surface area contributed by atoms with E-state index in [1.54, 1.807) is 36.0 Å². The predicted molar refractivity (Wildman–Crippen MR) is 100 cm³/mol. The number of amides is 1. The molecule has 1 amide bonds. The standard InChI is InChI=1S/C18H17ClN2O3S/c1-24-18(23)14-4-2-13(3-5-14)12-20-21-17(22)10-11-25-16-8-6-15(19)7-9-16/h2-9,12H,10-11H2,1H3,(H,21,22)/b20-12+. The number of thioether (sulfide) groups is 1. The fraction of sp³-hybridized carbons (Fsp3) is 0.167. The predicted octanol–water partition coefficient (Wildman–Crippen LogP) is 3.76. The van der Waals surface area contributed by atoms with Gasteiger partial charge in [-0.3, -0.25) is 4.79 Å². The number of methoxy groups -OCH3 is 1. The number of carbonyl (C=O) groups is 2. The van der Waals surface area contributed by atoms with Crippen molar-refractivity contribution in [1.29, 1.82) is 0 Å². The lowest BCUT2D eigenvalue weighted by atomic mass is 10.1. The smallest absolute Gasteiger partial charge is 0.337 e. The van der Waals surface area contributed by atoms with Crippen molar-refractivity contribution in [2.45, 2.75) is 11.3 Å². The van der Waals surface area contributed by atoms with Crippen LogP contribution in [0.25, 0.3) is 0 Å². The van der Waals surface area contributed by atoms with E-state index in [2.05, 4.69) is 15.3 Å². The molecule has 0 bridgehead atoms. The van der Waals surface area contributed by atoms with E-state index in [1.165, 1.54) is 13.3 Å². The van der Waals surface area contributed by atoms with Crippen molar-refractivity contribution in [3.63, 3.8) is 0 Å². The molecule has 130 valence electrons. The Balaban J connectivity index is 1.72. The Morgan fingerprint density at radius 3 is 2.48 bits per heavy atom. The van der Waals surface area contributed by atoms with Crippen molar-refractivity contribution in [2.24, 2.45) is 5.10 Å². The maximum absolute atomic E-state index is 11.7. The van der Waals surface area contributed by atoms with Crippen molar-refractivity contribution in [3.05, 3.63) is 64.7 Å². The molecule has 0 heterocycles. The van der Waals surface area contributed by atoms with Crippen LogP contribution in [-0.2, 0) is 9.53 Å². The van der Waals surface area contributed by atoms with Crippen LogP contribution >= 0.6 is 23.4 Å². The highest BCUT2D eigenvalue weighted by Crippen LogP contribution is 2.20. The Kier molecular flexibility index (Phi) is 7.50. The lowest BCUT2D eigenvalue weighted by molar-refractivity contribution is -0.120. The molecule has 1 N–H and O–H groups in total. The molecule has 25 heavy (non-hydrogen) atoms. The van der Waals surface area contributed by atoms with Gasteiger partial charge in [0.2, 0.25) is 5.91 Å². The van der Waals surface area contributed by atoms with Gasteiger partial charge in [-0.25, -0.2) is 10.2 Å². The summed E-state index contributed by atoms with van der Waals surface area (Å²) in [5, 5.41) is 4.60. The molecule has 2 aromatic carbocycles. The number of nitrogens with one attached hydrogen (secondary N) is 1. The van der Waals surface area contributed by atoms with Gasteiger partial charge < -0.3 is 4.74 Å². The van der Waals surface area contributed by atoms with Crippen LogP contribution in [0.1, 0.15) is 22.3 Å². The Bertz CT molecular complexity index is 746. The quantitative estimate of drug-likeness (QED) is 0.346. The number of benzene rings is 2. The van der Waals surface area contributed by atoms with Gasteiger partial charge in [-0.1, -0.05) is 23.7 Å². The van der Waals surface area contributed by atoms with E-state index >= 15 is 0 Å². The van der Waals surface area contributed by atoms with Gasteiger partial charge in [0.1, 0.15) is 0 Å². The zero-order chi connectivity index (χ0) is 18.1. The van der Waals surface area contributed by atoms with E-state index in [9.17, 15) is 9.59 Å². The average molecular weight is 377 g/mol. The number of carbonyl (C=O) groups excluding carboxylic acids is 2. The van der Waals surface area contributed by atoms with Gasteiger partial charge in [-0.2, -0.15) is 5.10 Å². The third kappa shape index (κ3) is 6.60. The molecule has 0 unspecified atom stereocenters. The molecule has 0 radical (unpaired) electrons. The van der Waals surface area contributed by atoms with Crippen LogP contribution in [0.4, 0.5) is 0 Å². The first kappa shape index (κ1) is 19.0. The molecule has 2 rings (SSSR count). The Labute approximate surface area is 155 Å². The monoisotopic (exact) mass is 376 g/mol. The van der Waals surface area contributed by atoms with Crippen LogP contribution in [0.3, 0.4) is 0 Å². The van der Waals surface area contributed by atoms with Crippen LogP contribution < -0.4 is 5.43 Å². The number of hydrogen-bond acceptors (Lipinski definition) is 5. The maximum atomic E-state index is 11.7. The number of rotatable bonds is 7. The fourth-order valence-corrected chi connectivity index (χ4v) is 2.83. The molecular weight excluding hydrogens is 360 g/mol. The zero-order valence-corrected chi connectivity index (χ0v) is 15.1. The van der Waals surface area contributed by atoms with Crippen molar-refractivity contribution in [2.75, 3.05) is 12.9 Å². The fourth-order valence-electron chi connectivity index (χ4n) is 1.85. The molecule has 2 aromatic rings. The molecule has 0 atom stereocenters. The zero-order valence-electron chi connectivity index (χ0n) is 13.6. The van der Waals surface area contributed by atoms with Gasteiger partial charge in [-0.05, 0) is 42.0 Å². The number of halogens is 1. The molecule has 0 aliphatic carbocycles. The van der Waals surface area contributed by atoms with E-state index in [-0.39, 0.29) is 5.91 Å². The topological polar surface area (TPSA) is 67.8 Å². The van der Waals surface area contributed by atoms with E-state index in [1.807, 2.05) is 24.3 Å². The minimum atomic E-state index is -0.394. The molecule has 7 heteroatoms. The van der Waals surface area contributed by atoms with Gasteiger partial charge in [0.05, 0.1) is 18.9 Å². The van der Waals surface area contributed by atoms with Crippen LogP contribution in [0.5, 0.6) is 0 Å². The van der Waals surface area contributed by atoms with Crippen molar-refractivity contribution < 1.29 is 14.3 Å². The van der Waals surface area contributed by atoms with Crippen molar-refractivity contribution >= 4 is 41.5 Å². The van der Waals surface area contributed by atoms with Gasteiger partial charge in [0.15, 0.2) is 0 Å². The maximum Gasteiger partial charge on any atom is 0.337 e. The summed E-state index contributed by atoms with van der Waals surface area (Å²) in [4.78, 5) is 24.1. The highest BCUT2D eigenvalue weighted by molar-refractivity contribution is 7.99. The second-order valence-corrected chi connectivity index (χ2v) is 6.56. The Morgan fingerprint density at radius 2 is 1.84 bits per heavy atom. The molecule has 0 aliphatic heterocycles. The van der Waals surface area contributed by atoms with E-state index < -0.39 is 5.97 Å². The van der Waals surface area contributed by atoms with Gasteiger partial charge in [0.25, 0.3) is 0 Å². The first-order valence-corrected chi connectivity index (χ1v) is 8.83. The van der Waals surface area contributed by atoms with Crippen molar-refractivity contribution in [3.8, 4) is 0 Å². The highest BCUT2D eigenvalue weighted by atomic mass is 35.5. The number of nitrogens with zero attached hydrogens (tertiary/aromatic N) is 1. The summed E-state index contributed by atoms with van der Waals surface area (Å²) in [7, 11) is 1.33. The third-order valence-corrected chi connectivity index (χ3v) is 4.41. The summed E-state index contributed by atoms with van der Waals surface area (Å²) in [5.74, 6) is 0.0930. The normalized spacial score (nSPS) is 10.6. The van der Waals surface area contributed by atoms with Gasteiger partial charge in [0, 0.05) is 22.1 Å². The van der Waals surface area contributed by atoms with E-state index in [0.29, 0.717) is 22.8 Å². The second-order valence-electron chi connectivity index (χ2n) is 4.96. The lowest BCUT2D eigenvalue weighted by Crippen LogP contribution is -2.17. The van der Waals surface area contributed by atoms with E-state index in [4.69, 9.17) is 11.6 Å². The minimum Gasteiger partial charge on any atom is -0.465 e. The first-order valence-electron chi connectivity index (χ1n) is 7.47. The largest absolute Gasteiger partial charge is 0.465 e. The second kappa shape index (κ2) is 9.86. The average Bonchev–Trinajstić information content (AvgIpc) is 2.63. The Morgan fingerprint density at radius 1 is 1.16 bits per heavy atom. The molecule has 0 saturated heterocycles. The number of hydrogen-bond donors (Lipinski definition) is 1. The highest BCUT2D eigenvalue weighted by Gasteiger charge is 2.04. The summed E-state index contributed by atoms with van der Waals surface area (Å²) in [6.45, 7) is 0. The van der Waals surface area contributed by atoms with Crippen LogP contribution in [-0.4, -0.2) is 31.0 Å². The minimum absolute atomic E-state index is 0.163. The molecule has 0 aliphatic rings. The molecule has 0 spiro atoms. The van der Waals surface area contributed by atoms with Gasteiger partial charge >= 0.3 is 5.97 Å². The third-order valence-electron chi connectivity index (χ3n) is 3.15. The SMILES string of the molecule is COC(=O)c1ccc(/C=N/NC(=O)CCSc2ccc(Cl)cc2)cc1.